The molecule has 0 amide bonds. The quantitative estimate of drug-likeness (QED) is 0.349. The number of hydrogen-bond acceptors (Lipinski definition) is 4. The molecule has 0 aromatic heterocycles. The van der Waals surface area contributed by atoms with E-state index in [1.54, 1.807) is 7.11 Å². The SMILES string of the molecule is CN=C(NCCCCN1CCCC1)NCC(c1ccc(OC)cc1)N1CCCCC1. The summed E-state index contributed by atoms with van der Waals surface area (Å²) in [5.74, 6) is 1.82. The molecule has 0 spiro atoms. The lowest BCUT2D eigenvalue weighted by atomic mass is 10.0. The van der Waals surface area contributed by atoms with E-state index in [0.717, 1.165) is 24.8 Å². The summed E-state index contributed by atoms with van der Waals surface area (Å²) in [5, 5.41) is 7.09. The first-order valence-electron chi connectivity index (χ1n) is 11.8. The van der Waals surface area contributed by atoms with E-state index in [1.165, 1.54) is 83.2 Å². The van der Waals surface area contributed by atoms with Crippen molar-refractivity contribution in [1.29, 1.82) is 0 Å². The molecular formula is C24H41N5O. The van der Waals surface area contributed by atoms with Crippen LogP contribution in [0.25, 0.3) is 0 Å². The van der Waals surface area contributed by atoms with E-state index in [2.05, 4.69) is 49.7 Å². The van der Waals surface area contributed by atoms with Crippen LogP contribution in [0, 0.1) is 0 Å². The normalized spacial score (nSPS) is 19.6. The summed E-state index contributed by atoms with van der Waals surface area (Å²) in [6, 6.07) is 8.90. The summed E-state index contributed by atoms with van der Waals surface area (Å²) in [4.78, 5) is 9.65. The number of nitrogens with one attached hydrogen (secondary N) is 2. The number of nitrogens with zero attached hydrogens (tertiary/aromatic N) is 3. The van der Waals surface area contributed by atoms with Gasteiger partial charge in [0, 0.05) is 20.1 Å². The van der Waals surface area contributed by atoms with Crippen LogP contribution in [0.3, 0.4) is 0 Å². The van der Waals surface area contributed by atoms with Gasteiger partial charge in [-0.2, -0.15) is 0 Å². The van der Waals surface area contributed by atoms with E-state index < -0.39 is 0 Å². The smallest absolute Gasteiger partial charge is 0.191 e. The maximum absolute atomic E-state index is 5.35. The Morgan fingerprint density at radius 1 is 0.967 bits per heavy atom. The summed E-state index contributed by atoms with van der Waals surface area (Å²) in [6.07, 6.45) is 9.12. The van der Waals surface area contributed by atoms with Crippen molar-refractivity contribution >= 4 is 5.96 Å². The molecule has 1 unspecified atom stereocenters. The molecule has 0 radical (unpaired) electrons. The monoisotopic (exact) mass is 415 g/mol. The van der Waals surface area contributed by atoms with Gasteiger partial charge < -0.3 is 20.3 Å². The van der Waals surface area contributed by atoms with Crippen molar-refractivity contribution < 1.29 is 4.74 Å². The average Bonchev–Trinajstić information content (AvgIpc) is 3.32. The second-order valence-electron chi connectivity index (χ2n) is 8.52. The Hall–Kier alpha value is -1.79. The molecule has 1 aromatic carbocycles. The van der Waals surface area contributed by atoms with E-state index in [1.807, 2.05) is 7.05 Å². The van der Waals surface area contributed by atoms with Gasteiger partial charge >= 0.3 is 0 Å². The Bertz CT molecular complexity index is 621. The Kier molecular flexibility index (Phi) is 9.77. The number of likely N-dealkylation sites (tertiary alicyclic amines) is 2. The van der Waals surface area contributed by atoms with Gasteiger partial charge in [0.2, 0.25) is 0 Å². The first-order chi connectivity index (χ1) is 14.8. The Balaban J connectivity index is 1.47. The van der Waals surface area contributed by atoms with Crippen molar-refractivity contribution in [3.8, 4) is 5.75 Å². The fraction of sp³-hybridized carbons (Fsp3) is 0.708. The third-order valence-corrected chi connectivity index (χ3v) is 6.41. The maximum Gasteiger partial charge on any atom is 0.191 e. The Labute approximate surface area is 183 Å². The maximum atomic E-state index is 5.35. The molecule has 1 atom stereocenters. The zero-order chi connectivity index (χ0) is 21.0. The van der Waals surface area contributed by atoms with Crippen LogP contribution in [0.1, 0.15) is 56.6 Å². The van der Waals surface area contributed by atoms with E-state index >= 15 is 0 Å². The number of aliphatic imine (C=N–C) groups is 1. The molecule has 168 valence electrons. The van der Waals surface area contributed by atoms with Gasteiger partial charge in [-0.1, -0.05) is 18.6 Å². The van der Waals surface area contributed by atoms with Crippen molar-refractivity contribution in [2.75, 3.05) is 60.0 Å². The molecule has 0 bridgehead atoms. The molecule has 0 saturated carbocycles. The third kappa shape index (κ3) is 7.17. The van der Waals surface area contributed by atoms with Gasteiger partial charge in [0.15, 0.2) is 5.96 Å². The van der Waals surface area contributed by atoms with Crippen molar-refractivity contribution in [2.45, 2.75) is 51.0 Å². The van der Waals surface area contributed by atoms with Crippen molar-refractivity contribution in [1.82, 2.24) is 20.4 Å². The number of guanidine groups is 1. The van der Waals surface area contributed by atoms with Gasteiger partial charge in [-0.15, -0.1) is 0 Å². The lowest BCUT2D eigenvalue weighted by Crippen LogP contribution is -2.44. The molecular weight excluding hydrogens is 374 g/mol. The van der Waals surface area contributed by atoms with E-state index in [4.69, 9.17) is 4.74 Å². The van der Waals surface area contributed by atoms with Gasteiger partial charge in [0.1, 0.15) is 5.75 Å². The topological polar surface area (TPSA) is 52.1 Å². The molecule has 2 fully saturated rings. The molecule has 2 N–H and O–H groups in total. The summed E-state index contributed by atoms with van der Waals surface area (Å²) in [5.41, 5.74) is 1.34. The van der Waals surface area contributed by atoms with Crippen LogP contribution in [-0.4, -0.2) is 75.7 Å². The van der Waals surface area contributed by atoms with Crippen LogP contribution in [0.2, 0.25) is 0 Å². The molecule has 2 saturated heterocycles. The van der Waals surface area contributed by atoms with Crippen LogP contribution in [0.15, 0.2) is 29.3 Å². The number of unbranched alkanes of at least 4 members (excludes halogenated alkanes) is 1. The lowest BCUT2D eigenvalue weighted by Gasteiger charge is -2.35. The zero-order valence-electron chi connectivity index (χ0n) is 19.0. The zero-order valence-corrected chi connectivity index (χ0v) is 19.0. The second-order valence-corrected chi connectivity index (χ2v) is 8.52. The number of piperidine rings is 1. The van der Waals surface area contributed by atoms with Crippen molar-refractivity contribution in [3.63, 3.8) is 0 Å². The predicted octanol–water partition coefficient (Wildman–Crippen LogP) is 3.26. The van der Waals surface area contributed by atoms with Crippen LogP contribution >= 0.6 is 0 Å². The number of methoxy groups -OCH3 is 1. The second kappa shape index (κ2) is 12.8. The molecule has 2 aliphatic rings. The molecule has 2 heterocycles. The predicted molar refractivity (Wildman–Crippen MR) is 125 cm³/mol. The number of ether oxygens (including phenoxy) is 1. The van der Waals surface area contributed by atoms with Crippen LogP contribution in [-0.2, 0) is 0 Å². The van der Waals surface area contributed by atoms with Crippen molar-refractivity contribution in [2.24, 2.45) is 4.99 Å². The molecule has 6 nitrogen and oxygen atoms in total. The molecule has 1 aromatic rings. The average molecular weight is 416 g/mol. The van der Waals surface area contributed by atoms with E-state index in [9.17, 15) is 0 Å². The highest BCUT2D eigenvalue weighted by Gasteiger charge is 2.22. The highest BCUT2D eigenvalue weighted by atomic mass is 16.5. The summed E-state index contributed by atoms with van der Waals surface area (Å²) < 4.78 is 5.35. The van der Waals surface area contributed by atoms with Gasteiger partial charge in [0.25, 0.3) is 0 Å². The minimum atomic E-state index is 0.352. The summed E-state index contributed by atoms with van der Waals surface area (Å²) >= 11 is 0. The van der Waals surface area contributed by atoms with Crippen LogP contribution < -0.4 is 15.4 Å². The van der Waals surface area contributed by atoms with Gasteiger partial charge in [-0.3, -0.25) is 9.89 Å². The number of rotatable bonds is 10. The van der Waals surface area contributed by atoms with Gasteiger partial charge in [-0.05, 0) is 88.9 Å². The summed E-state index contributed by atoms with van der Waals surface area (Å²) in [6.45, 7) is 7.99. The molecule has 3 rings (SSSR count). The summed E-state index contributed by atoms with van der Waals surface area (Å²) in [7, 11) is 3.59. The number of benzene rings is 1. The first kappa shape index (κ1) is 22.9. The third-order valence-electron chi connectivity index (χ3n) is 6.41. The lowest BCUT2D eigenvalue weighted by molar-refractivity contribution is 0.164. The molecule has 30 heavy (non-hydrogen) atoms. The standard InChI is InChI=1S/C24H41N5O/c1-25-24(26-14-4-7-15-28-16-8-9-17-28)27-20-23(29-18-5-3-6-19-29)21-10-12-22(30-2)13-11-21/h10-13,23H,3-9,14-20H2,1-2H3,(H2,25,26,27). The number of hydrogen-bond donors (Lipinski definition) is 2. The first-order valence-corrected chi connectivity index (χ1v) is 11.8. The highest BCUT2D eigenvalue weighted by Crippen LogP contribution is 2.25. The fourth-order valence-corrected chi connectivity index (χ4v) is 4.60. The van der Waals surface area contributed by atoms with Crippen LogP contribution in [0.4, 0.5) is 0 Å². The van der Waals surface area contributed by atoms with E-state index in [0.29, 0.717) is 6.04 Å². The molecule has 0 aliphatic carbocycles. The van der Waals surface area contributed by atoms with Gasteiger partial charge in [0.05, 0.1) is 13.2 Å². The van der Waals surface area contributed by atoms with E-state index in [-0.39, 0.29) is 0 Å². The minimum absolute atomic E-state index is 0.352. The van der Waals surface area contributed by atoms with Crippen molar-refractivity contribution in [3.05, 3.63) is 29.8 Å². The van der Waals surface area contributed by atoms with Crippen LogP contribution in [0.5, 0.6) is 5.75 Å². The van der Waals surface area contributed by atoms with Gasteiger partial charge in [-0.25, -0.2) is 0 Å². The fourth-order valence-electron chi connectivity index (χ4n) is 4.60. The Morgan fingerprint density at radius 2 is 1.67 bits per heavy atom. The molecule has 6 heteroatoms. The Morgan fingerprint density at radius 3 is 2.33 bits per heavy atom. The largest absolute Gasteiger partial charge is 0.497 e. The minimum Gasteiger partial charge on any atom is -0.497 e. The highest BCUT2D eigenvalue weighted by molar-refractivity contribution is 5.79. The molecule has 2 aliphatic heterocycles.